The highest BCUT2D eigenvalue weighted by Crippen LogP contribution is 2.20. The first-order valence-electron chi connectivity index (χ1n) is 7.02. The molecule has 0 saturated heterocycles. The van der Waals surface area contributed by atoms with E-state index in [-0.39, 0.29) is 12.5 Å². The van der Waals surface area contributed by atoms with E-state index in [1.54, 1.807) is 6.92 Å². The molecule has 2 heterocycles. The van der Waals surface area contributed by atoms with E-state index in [0.717, 1.165) is 35.6 Å². The maximum atomic E-state index is 11.5. The van der Waals surface area contributed by atoms with Crippen LogP contribution in [0.25, 0.3) is 5.65 Å². The largest absolute Gasteiger partial charge is 0.465 e. The molecule has 0 spiro atoms. The molecule has 0 atom stereocenters. The third-order valence-corrected chi connectivity index (χ3v) is 3.03. The second-order valence-electron chi connectivity index (χ2n) is 4.75. The van der Waals surface area contributed by atoms with Crippen LogP contribution in [0.15, 0.2) is 18.3 Å². The molecule has 0 saturated carbocycles. The number of carbonyl (C=O) groups is 1. The van der Waals surface area contributed by atoms with Crippen LogP contribution in [-0.4, -0.2) is 28.5 Å². The number of pyridine rings is 1. The Labute approximate surface area is 119 Å². The van der Waals surface area contributed by atoms with Crippen LogP contribution in [0.1, 0.15) is 31.5 Å². The molecule has 0 aliphatic carbocycles. The van der Waals surface area contributed by atoms with Crippen LogP contribution < -0.4 is 5.32 Å². The Morgan fingerprint density at radius 1 is 1.40 bits per heavy atom. The van der Waals surface area contributed by atoms with Crippen molar-refractivity contribution in [3.8, 4) is 0 Å². The van der Waals surface area contributed by atoms with Crippen LogP contribution in [0.3, 0.4) is 0 Å². The molecular weight excluding hydrogens is 254 g/mol. The fraction of sp³-hybridized carbons (Fsp3) is 0.467. The third kappa shape index (κ3) is 3.10. The summed E-state index contributed by atoms with van der Waals surface area (Å²) < 4.78 is 6.94. The molecule has 0 unspecified atom stereocenters. The number of carbonyl (C=O) groups excluding carboxylic acids is 1. The molecule has 20 heavy (non-hydrogen) atoms. The van der Waals surface area contributed by atoms with Crippen LogP contribution in [0.4, 0.5) is 5.82 Å². The number of ether oxygens (including phenoxy) is 1. The Kier molecular flexibility index (Phi) is 4.61. The van der Waals surface area contributed by atoms with Crippen molar-refractivity contribution < 1.29 is 9.53 Å². The average Bonchev–Trinajstić information content (AvgIpc) is 2.74. The SMILES string of the molecule is CCCc1nc2ccc(C)cn2c1NCC(=O)OCC. The highest BCUT2D eigenvalue weighted by atomic mass is 16.5. The number of nitrogens with zero attached hydrogens (tertiary/aromatic N) is 2. The van der Waals surface area contributed by atoms with E-state index in [2.05, 4.69) is 17.2 Å². The maximum Gasteiger partial charge on any atom is 0.325 e. The molecule has 0 radical (unpaired) electrons. The Bertz CT molecular complexity index is 604. The average molecular weight is 275 g/mol. The van der Waals surface area contributed by atoms with E-state index in [1.165, 1.54) is 0 Å². The van der Waals surface area contributed by atoms with Gasteiger partial charge in [0.1, 0.15) is 18.0 Å². The Balaban J connectivity index is 2.30. The number of rotatable bonds is 6. The molecule has 0 aromatic carbocycles. The fourth-order valence-corrected chi connectivity index (χ4v) is 2.17. The molecule has 0 fully saturated rings. The van der Waals surface area contributed by atoms with Crippen molar-refractivity contribution in [3.05, 3.63) is 29.6 Å². The van der Waals surface area contributed by atoms with Gasteiger partial charge in [-0.15, -0.1) is 0 Å². The number of hydrogen-bond donors (Lipinski definition) is 1. The number of fused-ring (bicyclic) bond motifs is 1. The summed E-state index contributed by atoms with van der Waals surface area (Å²) in [4.78, 5) is 16.1. The molecule has 5 nitrogen and oxygen atoms in total. The minimum Gasteiger partial charge on any atom is -0.465 e. The van der Waals surface area contributed by atoms with Gasteiger partial charge in [-0.1, -0.05) is 19.4 Å². The lowest BCUT2D eigenvalue weighted by Gasteiger charge is -2.08. The second-order valence-corrected chi connectivity index (χ2v) is 4.75. The highest BCUT2D eigenvalue weighted by Gasteiger charge is 2.12. The molecule has 108 valence electrons. The van der Waals surface area contributed by atoms with Crippen LogP contribution in [0.2, 0.25) is 0 Å². The van der Waals surface area contributed by atoms with E-state index in [0.29, 0.717) is 6.61 Å². The Morgan fingerprint density at radius 2 is 2.20 bits per heavy atom. The van der Waals surface area contributed by atoms with E-state index in [4.69, 9.17) is 4.74 Å². The zero-order valence-corrected chi connectivity index (χ0v) is 12.3. The van der Waals surface area contributed by atoms with Crippen molar-refractivity contribution in [2.75, 3.05) is 18.5 Å². The Hall–Kier alpha value is -2.04. The standard InChI is InChI=1S/C15H21N3O2/c1-4-6-12-15(16-9-14(19)20-5-2)18-10-11(3)7-8-13(18)17-12/h7-8,10,16H,4-6,9H2,1-3H3. The monoisotopic (exact) mass is 275 g/mol. The van der Waals surface area contributed by atoms with Crippen molar-refractivity contribution in [3.63, 3.8) is 0 Å². The van der Waals surface area contributed by atoms with Crippen molar-refractivity contribution in [2.24, 2.45) is 0 Å². The summed E-state index contributed by atoms with van der Waals surface area (Å²) in [6, 6.07) is 4.03. The molecule has 0 amide bonds. The molecule has 2 aromatic heterocycles. The van der Waals surface area contributed by atoms with Crippen LogP contribution in [-0.2, 0) is 16.0 Å². The molecule has 0 aliphatic rings. The Morgan fingerprint density at radius 3 is 2.90 bits per heavy atom. The van der Waals surface area contributed by atoms with Gasteiger partial charge >= 0.3 is 5.97 Å². The summed E-state index contributed by atoms with van der Waals surface area (Å²) in [5, 5.41) is 3.16. The fourth-order valence-electron chi connectivity index (χ4n) is 2.17. The van der Waals surface area contributed by atoms with Gasteiger partial charge in [0, 0.05) is 6.20 Å². The topological polar surface area (TPSA) is 55.6 Å². The molecule has 2 aromatic rings. The molecule has 0 aliphatic heterocycles. The van der Waals surface area contributed by atoms with Gasteiger partial charge in [-0.2, -0.15) is 0 Å². The van der Waals surface area contributed by atoms with Crippen molar-refractivity contribution in [1.82, 2.24) is 9.38 Å². The number of anilines is 1. The lowest BCUT2D eigenvalue weighted by Crippen LogP contribution is -2.18. The third-order valence-electron chi connectivity index (χ3n) is 3.03. The first-order valence-corrected chi connectivity index (χ1v) is 7.02. The number of hydrogen-bond acceptors (Lipinski definition) is 4. The number of esters is 1. The van der Waals surface area contributed by atoms with Gasteiger partial charge in [-0.3, -0.25) is 9.20 Å². The first-order chi connectivity index (χ1) is 9.65. The smallest absolute Gasteiger partial charge is 0.325 e. The summed E-state index contributed by atoms with van der Waals surface area (Å²) in [5.74, 6) is 0.635. The van der Waals surface area contributed by atoms with E-state index in [9.17, 15) is 4.79 Å². The number of imidazole rings is 1. The van der Waals surface area contributed by atoms with E-state index in [1.807, 2.05) is 29.7 Å². The van der Waals surface area contributed by atoms with Gasteiger partial charge < -0.3 is 10.1 Å². The second kappa shape index (κ2) is 6.41. The summed E-state index contributed by atoms with van der Waals surface area (Å²) in [6.45, 7) is 6.51. The molecule has 5 heteroatoms. The maximum absolute atomic E-state index is 11.5. The van der Waals surface area contributed by atoms with Crippen LogP contribution in [0.5, 0.6) is 0 Å². The normalized spacial score (nSPS) is 10.8. The summed E-state index contributed by atoms with van der Waals surface area (Å²) in [5.41, 5.74) is 3.03. The number of nitrogens with one attached hydrogen (secondary N) is 1. The molecule has 1 N–H and O–H groups in total. The lowest BCUT2D eigenvalue weighted by molar-refractivity contribution is -0.140. The van der Waals surface area contributed by atoms with E-state index >= 15 is 0 Å². The number of aromatic nitrogens is 2. The molecule has 0 bridgehead atoms. The van der Waals surface area contributed by atoms with Crippen molar-refractivity contribution >= 4 is 17.4 Å². The van der Waals surface area contributed by atoms with Gasteiger partial charge in [0.15, 0.2) is 0 Å². The van der Waals surface area contributed by atoms with E-state index < -0.39 is 0 Å². The first kappa shape index (κ1) is 14.4. The lowest BCUT2D eigenvalue weighted by atomic mass is 10.2. The van der Waals surface area contributed by atoms with Gasteiger partial charge in [0.25, 0.3) is 0 Å². The van der Waals surface area contributed by atoms with Crippen molar-refractivity contribution in [2.45, 2.75) is 33.6 Å². The van der Waals surface area contributed by atoms with Crippen LogP contribution in [0, 0.1) is 6.92 Å². The summed E-state index contributed by atoms with van der Waals surface area (Å²) >= 11 is 0. The van der Waals surface area contributed by atoms with Gasteiger partial charge in [0.05, 0.1) is 12.3 Å². The zero-order valence-electron chi connectivity index (χ0n) is 12.3. The predicted molar refractivity (Wildman–Crippen MR) is 79.0 cm³/mol. The summed E-state index contributed by atoms with van der Waals surface area (Å²) in [7, 11) is 0. The zero-order chi connectivity index (χ0) is 14.5. The quantitative estimate of drug-likeness (QED) is 0.823. The molecule has 2 rings (SSSR count). The van der Waals surface area contributed by atoms with Crippen LogP contribution >= 0.6 is 0 Å². The molecular formula is C15H21N3O2. The minimum absolute atomic E-state index is 0.159. The predicted octanol–water partition coefficient (Wildman–Crippen LogP) is 2.57. The minimum atomic E-state index is -0.252. The van der Waals surface area contributed by atoms with Gasteiger partial charge in [0.2, 0.25) is 0 Å². The van der Waals surface area contributed by atoms with Gasteiger partial charge in [-0.05, 0) is 31.9 Å². The van der Waals surface area contributed by atoms with Gasteiger partial charge in [-0.25, -0.2) is 4.98 Å². The highest BCUT2D eigenvalue weighted by molar-refractivity contribution is 5.75. The van der Waals surface area contributed by atoms with Crippen molar-refractivity contribution in [1.29, 1.82) is 0 Å². The number of aryl methyl sites for hydroxylation is 2. The summed E-state index contributed by atoms with van der Waals surface area (Å²) in [6.07, 6.45) is 3.91.